The normalized spacial score (nSPS) is 44.9. The van der Waals surface area contributed by atoms with Crippen LogP contribution in [0.1, 0.15) is 99.8 Å². The molecule has 19 nitrogen and oxygen atoms in total. The van der Waals surface area contributed by atoms with Gasteiger partial charge in [0.15, 0.2) is 25.0 Å². The van der Waals surface area contributed by atoms with Gasteiger partial charge in [-0.3, -0.25) is 0 Å². The Morgan fingerprint density at radius 2 is 1.34 bits per heavy atom. The summed E-state index contributed by atoms with van der Waals surface area (Å²) in [5, 5.41) is 89.1. The van der Waals surface area contributed by atoms with E-state index in [9.17, 15) is 50.4 Å². The van der Waals surface area contributed by atoms with Crippen LogP contribution in [0.2, 0.25) is 0 Å². The summed E-state index contributed by atoms with van der Waals surface area (Å²) in [4.78, 5) is 25.8. The molecule has 0 bridgehead atoms. The molecule has 0 unspecified atom stereocenters. The molecule has 6 fully saturated rings. The van der Waals surface area contributed by atoms with Gasteiger partial charge < -0.3 is 83.5 Å². The van der Waals surface area contributed by atoms with E-state index in [0.29, 0.717) is 32.1 Å². The summed E-state index contributed by atoms with van der Waals surface area (Å²) in [7, 11) is 1.40. The maximum absolute atomic E-state index is 13.2. The number of aliphatic hydroxyl groups is 8. The van der Waals surface area contributed by atoms with Crippen molar-refractivity contribution < 1.29 is 93.1 Å². The maximum atomic E-state index is 13.2. The maximum Gasteiger partial charge on any atom is 0.338 e. The van der Waals surface area contributed by atoms with Crippen LogP contribution in [0.5, 0.6) is 0 Å². The first-order valence-electron chi connectivity index (χ1n) is 25.9. The number of allylic oxidation sites excluding steroid dienone is 1. The van der Waals surface area contributed by atoms with Gasteiger partial charge in [0.1, 0.15) is 67.6 Å². The number of carbonyl (C=O) groups excluding carboxylic acids is 2. The fourth-order valence-electron chi connectivity index (χ4n) is 13.8. The van der Waals surface area contributed by atoms with Crippen molar-refractivity contribution >= 4 is 11.9 Å². The number of carbonyl (C=O) groups is 2. The van der Waals surface area contributed by atoms with Gasteiger partial charge in [-0.2, -0.15) is 0 Å². The van der Waals surface area contributed by atoms with E-state index in [1.807, 2.05) is 6.92 Å². The topological polar surface area (TPSA) is 279 Å². The summed E-state index contributed by atoms with van der Waals surface area (Å²) in [6.07, 6.45) is -13.3. The van der Waals surface area contributed by atoms with Gasteiger partial charge in [-0.1, -0.05) is 61.9 Å². The molecule has 3 aliphatic heterocycles. The van der Waals surface area contributed by atoms with Crippen molar-refractivity contribution in [3.63, 3.8) is 0 Å². The van der Waals surface area contributed by atoms with Crippen LogP contribution in [-0.4, -0.2) is 183 Å². The molecule has 8 N–H and O–H groups in total. The van der Waals surface area contributed by atoms with Crippen molar-refractivity contribution in [1.29, 1.82) is 0 Å². The Morgan fingerprint density at radius 1 is 0.699 bits per heavy atom. The highest BCUT2D eigenvalue weighted by molar-refractivity contribution is 5.89. The first kappa shape index (κ1) is 54.3. The lowest BCUT2D eigenvalue weighted by atomic mass is 9.45. The van der Waals surface area contributed by atoms with Gasteiger partial charge in [-0.25, -0.2) is 9.59 Å². The number of rotatable bonds is 14. The second kappa shape index (κ2) is 21.9. The predicted octanol–water partition coefficient (Wildman–Crippen LogP) is 2.31. The van der Waals surface area contributed by atoms with E-state index in [1.54, 1.807) is 67.6 Å². The van der Waals surface area contributed by atoms with Crippen LogP contribution in [0.15, 0.2) is 72.3 Å². The van der Waals surface area contributed by atoms with E-state index in [0.717, 1.165) is 19.3 Å². The molecule has 4 aliphatic carbocycles. The smallest absolute Gasteiger partial charge is 0.338 e. The second-order valence-electron chi connectivity index (χ2n) is 21.9. The highest BCUT2D eigenvalue weighted by atomic mass is 16.8. The highest BCUT2D eigenvalue weighted by Gasteiger charge is 2.67. The lowest BCUT2D eigenvalue weighted by molar-refractivity contribution is -0.361. The molecule has 0 radical (unpaired) electrons. The summed E-state index contributed by atoms with van der Waals surface area (Å²) < 4.78 is 54.2. The summed E-state index contributed by atoms with van der Waals surface area (Å²) in [5.41, 5.74) is -0.0706. The highest BCUT2D eigenvalue weighted by Crippen LogP contribution is 2.68. The molecule has 3 saturated heterocycles. The zero-order valence-electron chi connectivity index (χ0n) is 42.0. The fourth-order valence-corrected chi connectivity index (χ4v) is 13.8. The molecule has 2 aromatic carbocycles. The van der Waals surface area contributed by atoms with E-state index in [-0.39, 0.29) is 40.4 Å². The Labute approximate surface area is 425 Å². The van der Waals surface area contributed by atoms with Crippen LogP contribution in [0.25, 0.3) is 0 Å². The molecule has 404 valence electrons. The standard InChI is InChI=1S/C54H74O19/c1-27(67-51-46(41(59)38(56)36(25-55)70-51)72-48(63)30-14-10-7-11-15-30)33-20-23-54(64)35-17-16-31-24-32(18-21-52(31,3)34(35)19-22-53(33,54)4)69-50-43(61)45(65-5)44(28(2)68-50)73-49-42(60)40(58)39(57)37(71-49)26-66-47(62)29-12-8-6-9-13-29/h6-16,27-28,32-46,49-51,55-61,64H,17-26H2,1-5H3/t27-,28-,32+,33-,34+,35-,36-,37-,38-,39-,40+,41+,42-,43-,44+,45-,46-,49+,50+,51-,52+,53-,54+/m1/s1. The molecule has 7 aliphatic rings. The lowest BCUT2D eigenvalue weighted by Crippen LogP contribution is -2.64. The van der Waals surface area contributed by atoms with Crippen LogP contribution in [0.3, 0.4) is 0 Å². The van der Waals surface area contributed by atoms with Crippen molar-refractivity contribution in [2.45, 2.75) is 189 Å². The molecule has 0 spiro atoms. The van der Waals surface area contributed by atoms with Crippen molar-refractivity contribution in [1.82, 2.24) is 0 Å². The zero-order chi connectivity index (χ0) is 52.1. The van der Waals surface area contributed by atoms with Crippen LogP contribution < -0.4 is 0 Å². The molecule has 3 heterocycles. The Kier molecular flexibility index (Phi) is 16.3. The van der Waals surface area contributed by atoms with Gasteiger partial charge in [0, 0.05) is 12.5 Å². The number of fused-ring (bicyclic) bond motifs is 5. The van der Waals surface area contributed by atoms with Crippen LogP contribution in [0.4, 0.5) is 0 Å². The average molecular weight is 1030 g/mol. The number of methoxy groups -OCH3 is 1. The molecule has 2 aromatic rings. The fraction of sp³-hybridized carbons (Fsp3) is 0.704. The molecule has 9 rings (SSSR count). The molecule has 3 saturated carbocycles. The third kappa shape index (κ3) is 10.1. The van der Waals surface area contributed by atoms with Crippen molar-refractivity contribution in [2.24, 2.45) is 28.6 Å². The third-order valence-electron chi connectivity index (χ3n) is 18.0. The van der Waals surface area contributed by atoms with Gasteiger partial charge in [0.05, 0.1) is 41.6 Å². The number of aliphatic hydroxyl groups excluding tert-OH is 7. The van der Waals surface area contributed by atoms with E-state index < -0.39 is 134 Å². The Bertz CT molecular complexity index is 2240. The van der Waals surface area contributed by atoms with Crippen molar-refractivity contribution in [2.75, 3.05) is 20.3 Å². The van der Waals surface area contributed by atoms with E-state index in [1.165, 1.54) is 12.7 Å². The number of esters is 2. The van der Waals surface area contributed by atoms with Crippen LogP contribution in [-0.2, 0) is 42.6 Å². The minimum absolute atomic E-state index is 0.0460. The predicted molar refractivity (Wildman–Crippen MR) is 255 cm³/mol. The molecular weight excluding hydrogens is 953 g/mol. The second-order valence-corrected chi connectivity index (χ2v) is 21.9. The van der Waals surface area contributed by atoms with Gasteiger partial charge in [0.25, 0.3) is 0 Å². The Balaban J connectivity index is 0.823. The zero-order valence-corrected chi connectivity index (χ0v) is 42.0. The van der Waals surface area contributed by atoms with Crippen LogP contribution in [0, 0.1) is 28.6 Å². The van der Waals surface area contributed by atoms with Gasteiger partial charge >= 0.3 is 11.9 Å². The van der Waals surface area contributed by atoms with E-state index in [4.69, 9.17) is 42.6 Å². The summed E-state index contributed by atoms with van der Waals surface area (Å²) in [5.74, 6) is -1.42. The third-order valence-corrected chi connectivity index (χ3v) is 18.0. The number of benzene rings is 2. The number of hydrogen-bond donors (Lipinski definition) is 8. The van der Waals surface area contributed by atoms with Gasteiger partial charge in [-0.15, -0.1) is 0 Å². The van der Waals surface area contributed by atoms with E-state index >= 15 is 0 Å². The SMILES string of the molecule is CO[C@@H]1[C@@H](O)[C@H](O[C@H]2CC[C@@]3(C)C(=CC[C@@H]4[C@@H]3CC[C@]3(C)[C@@H]([C@@H](C)O[C@@H]5O[C@H](CO)[C@@H](O)[C@H](O)[C@H]5OC(=O)c5ccccc5)CC[C@]43O)C2)O[C@H](C)[C@@H]1O[C@@H]1O[C@H](COC(=O)c2ccccc2)[C@@H](O)[C@H](O)[C@H]1O. The largest absolute Gasteiger partial charge is 0.459 e. The molecular formula is C54H74O19. The first-order chi connectivity index (χ1) is 34.8. The molecule has 19 heteroatoms. The Morgan fingerprint density at radius 3 is 2.01 bits per heavy atom. The lowest BCUT2D eigenvalue weighted by Gasteiger charge is -2.61. The van der Waals surface area contributed by atoms with E-state index in [2.05, 4.69) is 19.9 Å². The first-order valence-corrected chi connectivity index (χ1v) is 25.9. The summed E-state index contributed by atoms with van der Waals surface area (Å²) in [6.45, 7) is 6.98. The summed E-state index contributed by atoms with van der Waals surface area (Å²) >= 11 is 0. The summed E-state index contributed by atoms with van der Waals surface area (Å²) in [6, 6.07) is 16.5. The molecule has 0 aromatic heterocycles. The van der Waals surface area contributed by atoms with Crippen molar-refractivity contribution in [3.05, 3.63) is 83.4 Å². The van der Waals surface area contributed by atoms with Gasteiger partial charge in [0.2, 0.25) is 0 Å². The molecule has 23 atom stereocenters. The molecule has 73 heavy (non-hydrogen) atoms. The van der Waals surface area contributed by atoms with Crippen LogP contribution >= 0.6 is 0 Å². The monoisotopic (exact) mass is 1030 g/mol. The minimum atomic E-state index is -1.71. The molecule has 0 amide bonds. The quantitative estimate of drug-likeness (QED) is 0.0996. The number of ether oxygens (including phenoxy) is 9. The number of hydrogen-bond acceptors (Lipinski definition) is 19. The van der Waals surface area contributed by atoms with Gasteiger partial charge in [-0.05, 0) is 113 Å². The minimum Gasteiger partial charge on any atom is -0.459 e. The van der Waals surface area contributed by atoms with Crippen molar-refractivity contribution in [3.8, 4) is 0 Å². The average Bonchev–Trinajstić information content (AvgIpc) is 3.68. The Hall–Kier alpha value is -3.48.